The first kappa shape index (κ1) is 22.0. The molecule has 1 N–H and O–H groups in total. The number of aromatic nitrogens is 1. The molecule has 1 aromatic heterocycles. The fraction of sp³-hybridized carbons (Fsp3) is 0.435. The molecule has 0 saturated carbocycles. The monoisotopic (exact) mass is 425 g/mol. The number of hydrogen-bond donors (Lipinski definition) is 1. The zero-order valence-corrected chi connectivity index (χ0v) is 18.5. The van der Waals surface area contributed by atoms with E-state index in [0.717, 1.165) is 31.4 Å². The van der Waals surface area contributed by atoms with Crippen molar-refractivity contribution in [3.8, 4) is 17.6 Å². The number of nitrogens with one attached hydrogen (secondary N) is 1. The van der Waals surface area contributed by atoms with Crippen LogP contribution in [-0.2, 0) is 17.6 Å². The number of ether oxygens (including phenoxy) is 2. The molecule has 1 aliphatic carbocycles. The molecule has 1 unspecified atom stereocenters. The Morgan fingerprint density at radius 3 is 2.73 bits per heavy atom. The molecule has 0 fully saturated rings. The minimum atomic E-state index is -0.385. The number of carbonyl (C=O) groups is 1. The molecule has 30 heavy (non-hydrogen) atoms. The number of anilines is 1. The minimum Gasteiger partial charge on any atom is -0.497 e. The number of benzene rings is 1. The van der Waals surface area contributed by atoms with Gasteiger partial charge < -0.3 is 14.8 Å². The Morgan fingerprint density at radius 2 is 2.03 bits per heavy atom. The van der Waals surface area contributed by atoms with Gasteiger partial charge in [-0.3, -0.25) is 4.79 Å². The molecule has 0 aliphatic heterocycles. The third-order valence-electron chi connectivity index (χ3n) is 5.22. The molecule has 7 heteroatoms. The molecule has 2 aromatic rings. The maximum absolute atomic E-state index is 13.0. The normalized spacial score (nSPS) is 14.1. The van der Waals surface area contributed by atoms with Crippen LogP contribution in [0.15, 0.2) is 29.3 Å². The van der Waals surface area contributed by atoms with Crippen molar-refractivity contribution >= 4 is 23.4 Å². The Bertz CT molecular complexity index is 955. The summed E-state index contributed by atoms with van der Waals surface area (Å²) in [4.78, 5) is 17.8. The van der Waals surface area contributed by atoms with E-state index in [1.165, 1.54) is 23.7 Å². The van der Waals surface area contributed by atoms with E-state index in [9.17, 15) is 10.1 Å². The lowest BCUT2D eigenvalue weighted by atomic mass is 10.1. The number of pyridine rings is 1. The van der Waals surface area contributed by atoms with Crippen molar-refractivity contribution < 1.29 is 14.3 Å². The van der Waals surface area contributed by atoms with E-state index in [2.05, 4.69) is 11.4 Å². The standard InChI is InChI=1S/C23H27N3O3S/c1-4-21(22(27)25-19-13-17(28-2)10-11-20(19)29-3)30-23-16(14-24)12-15-8-6-5-7-9-18(15)26-23/h10-13,21H,4-9H2,1-3H3,(H,25,27). The number of hydrogen-bond acceptors (Lipinski definition) is 6. The first-order chi connectivity index (χ1) is 14.6. The summed E-state index contributed by atoms with van der Waals surface area (Å²) in [6, 6.07) is 9.49. The topological polar surface area (TPSA) is 84.2 Å². The van der Waals surface area contributed by atoms with Crippen LogP contribution in [0.3, 0.4) is 0 Å². The lowest BCUT2D eigenvalue weighted by Gasteiger charge is -2.18. The predicted octanol–water partition coefficient (Wildman–Crippen LogP) is 4.75. The number of aryl methyl sites for hydroxylation is 2. The number of rotatable bonds is 7. The Balaban J connectivity index is 1.83. The highest BCUT2D eigenvalue weighted by Gasteiger charge is 2.23. The van der Waals surface area contributed by atoms with Gasteiger partial charge in [-0.25, -0.2) is 4.98 Å². The van der Waals surface area contributed by atoms with Crippen LogP contribution in [0.2, 0.25) is 0 Å². The quantitative estimate of drug-likeness (QED) is 0.509. The van der Waals surface area contributed by atoms with Crippen molar-refractivity contribution in [2.75, 3.05) is 19.5 Å². The second-order valence-corrected chi connectivity index (χ2v) is 8.38. The maximum Gasteiger partial charge on any atom is 0.238 e. The van der Waals surface area contributed by atoms with Crippen molar-refractivity contribution in [3.05, 3.63) is 41.1 Å². The smallest absolute Gasteiger partial charge is 0.238 e. The summed E-state index contributed by atoms with van der Waals surface area (Å²) < 4.78 is 10.6. The molecule has 1 amide bonds. The second kappa shape index (κ2) is 10.4. The summed E-state index contributed by atoms with van der Waals surface area (Å²) in [5, 5.41) is 12.8. The summed E-state index contributed by atoms with van der Waals surface area (Å²) in [7, 11) is 3.13. The molecule has 158 valence electrons. The van der Waals surface area contributed by atoms with Crippen LogP contribution < -0.4 is 14.8 Å². The number of carbonyl (C=O) groups excluding carboxylic acids is 1. The van der Waals surface area contributed by atoms with Crippen LogP contribution in [0, 0.1) is 11.3 Å². The fourth-order valence-electron chi connectivity index (χ4n) is 3.54. The molecular formula is C23H27N3O3S. The predicted molar refractivity (Wildman–Crippen MR) is 118 cm³/mol. The van der Waals surface area contributed by atoms with E-state index in [1.54, 1.807) is 32.4 Å². The SMILES string of the molecule is CCC(Sc1nc2c(cc1C#N)CCCCC2)C(=O)Nc1cc(OC)ccc1OC. The van der Waals surface area contributed by atoms with Crippen LogP contribution in [0.25, 0.3) is 0 Å². The van der Waals surface area contributed by atoms with Gasteiger partial charge in [-0.1, -0.05) is 25.1 Å². The van der Waals surface area contributed by atoms with Gasteiger partial charge in [-0.05, 0) is 55.9 Å². The summed E-state index contributed by atoms with van der Waals surface area (Å²) in [6.07, 6.45) is 5.93. The van der Waals surface area contributed by atoms with Gasteiger partial charge in [0, 0.05) is 11.8 Å². The second-order valence-electron chi connectivity index (χ2n) is 7.19. The number of amides is 1. The van der Waals surface area contributed by atoms with Gasteiger partial charge in [0.1, 0.15) is 22.6 Å². The highest BCUT2D eigenvalue weighted by molar-refractivity contribution is 8.00. The Morgan fingerprint density at radius 1 is 1.23 bits per heavy atom. The third-order valence-corrected chi connectivity index (χ3v) is 6.58. The van der Waals surface area contributed by atoms with Gasteiger partial charge in [0.2, 0.25) is 5.91 Å². The Labute approximate surface area is 182 Å². The van der Waals surface area contributed by atoms with Crippen LogP contribution in [0.4, 0.5) is 5.69 Å². The van der Waals surface area contributed by atoms with Crippen LogP contribution >= 0.6 is 11.8 Å². The molecule has 1 aliphatic rings. The van der Waals surface area contributed by atoms with Crippen molar-refractivity contribution in [1.82, 2.24) is 4.98 Å². The maximum atomic E-state index is 13.0. The lowest BCUT2D eigenvalue weighted by molar-refractivity contribution is -0.115. The van der Waals surface area contributed by atoms with E-state index in [1.807, 2.05) is 13.0 Å². The first-order valence-electron chi connectivity index (χ1n) is 10.2. The summed E-state index contributed by atoms with van der Waals surface area (Å²) in [6.45, 7) is 1.95. The van der Waals surface area contributed by atoms with Crippen molar-refractivity contribution in [1.29, 1.82) is 5.26 Å². The van der Waals surface area contributed by atoms with E-state index in [4.69, 9.17) is 14.5 Å². The highest BCUT2D eigenvalue weighted by Crippen LogP contribution is 2.33. The average molecular weight is 426 g/mol. The molecule has 1 aromatic carbocycles. The van der Waals surface area contributed by atoms with Crippen LogP contribution in [0.5, 0.6) is 11.5 Å². The summed E-state index contributed by atoms with van der Waals surface area (Å²) in [5.41, 5.74) is 3.34. The first-order valence-corrected chi connectivity index (χ1v) is 11.1. The van der Waals surface area contributed by atoms with Gasteiger partial charge in [0.15, 0.2) is 0 Å². The number of thioether (sulfide) groups is 1. The molecule has 0 radical (unpaired) electrons. The van der Waals surface area contributed by atoms with Gasteiger partial charge in [-0.15, -0.1) is 0 Å². The van der Waals surface area contributed by atoms with Crippen LogP contribution in [-0.4, -0.2) is 30.4 Å². The Hall–Kier alpha value is -2.72. The highest BCUT2D eigenvalue weighted by atomic mass is 32.2. The Kier molecular flexibility index (Phi) is 7.58. The molecule has 1 atom stereocenters. The number of nitriles is 1. The fourth-order valence-corrected chi connectivity index (χ4v) is 4.54. The number of nitrogens with zero attached hydrogens (tertiary/aromatic N) is 2. The van der Waals surface area contributed by atoms with Gasteiger partial charge in [0.05, 0.1) is 30.7 Å². The molecule has 0 saturated heterocycles. The summed E-state index contributed by atoms with van der Waals surface area (Å²) in [5.74, 6) is 1.03. The van der Waals surface area contributed by atoms with Gasteiger partial charge in [-0.2, -0.15) is 5.26 Å². The number of fused-ring (bicyclic) bond motifs is 1. The average Bonchev–Trinajstić information content (AvgIpc) is 3.01. The summed E-state index contributed by atoms with van der Waals surface area (Å²) >= 11 is 1.35. The van der Waals surface area contributed by atoms with Crippen LogP contribution in [0.1, 0.15) is 49.4 Å². The van der Waals surface area contributed by atoms with Gasteiger partial charge in [0.25, 0.3) is 0 Å². The molecule has 3 rings (SSSR count). The molecule has 0 bridgehead atoms. The largest absolute Gasteiger partial charge is 0.497 e. The van der Waals surface area contributed by atoms with E-state index in [-0.39, 0.29) is 11.2 Å². The van der Waals surface area contributed by atoms with Crippen molar-refractivity contribution in [3.63, 3.8) is 0 Å². The van der Waals surface area contributed by atoms with E-state index < -0.39 is 0 Å². The molecule has 1 heterocycles. The molecular weight excluding hydrogens is 398 g/mol. The van der Waals surface area contributed by atoms with Crippen molar-refractivity contribution in [2.45, 2.75) is 55.7 Å². The third kappa shape index (κ3) is 5.06. The van der Waals surface area contributed by atoms with Gasteiger partial charge >= 0.3 is 0 Å². The van der Waals surface area contributed by atoms with E-state index in [0.29, 0.717) is 34.2 Å². The van der Waals surface area contributed by atoms with E-state index >= 15 is 0 Å². The number of methoxy groups -OCH3 is 2. The zero-order chi connectivity index (χ0) is 21.5. The van der Waals surface area contributed by atoms with Crippen molar-refractivity contribution in [2.24, 2.45) is 0 Å². The molecule has 0 spiro atoms. The molecule has 6 nitrogen and oxygen atoms in total. The zero-order valence-electron chi connectivity index (χ0n) is 17.7. The lowest BCUT2D eigenvalue weighted by Crippen LogP contribution is -2.25. The minimum absolute atomic E-state index is 0.158.